The highest BCUT2D eigenvalue weighted by Gasteiger charge is 2.28. The number of amides is 1. The Hall–Kier alpha value is -2.04. The first-order valence-corrected chi connectivity index (χ1v) is 8.20. The first-order valence-electron chi connectivity index (χ1n) is 8.20. The Morgan fingerprint density at radius 3 is 2.95 bits per heavy atom. The summed E-state index contributed by atoms with van der Waals surface area (Å²) >= 11 is 0. The fraction of sp³-hybridized carbons (Fsp3) is 0.529. The molecule has 22 heavy (non-hydrogen) atoms. The lowest BCUT2D eigenvalue weighted by Crippen LogP contribution is -2.45. The fourth-order valence-electron chi connectivity index (χ4n) is 3.28. The second kappa shape index (κ2) is 6.38. The largest absolute Gasteiger partial charge is 0.356 e. The molecule has 3 rings (SSSR count). The number of carbonyl (C=O) groups excluding carboxylic acids is 1. The Labute approximate surface area is 131 Å². The van der Waals surface area contributed by atoms with Crippen molar-refractivity contribution in [1.29, 1.82) is 0 Å². The van der Waals surface area contributed by atoms with Gasteiger partial charge in [-0.3, -0.25) is 4.79 Å². The summed E-state index contributed by atoms with van der Waals surface area (Å²) in [7, 11) is 0. The fourth-order valence-corrected chi connectivity index (χ4v) is 3.28. The molecule has 1 atom stereocenters. The monoisotopic (exact) mass is 300 g/mol. The van der Waals surface area contributed by atoms with E-state index >= 15 is 0 Å². The summed E-state index contributed by atoms with van der Waals surface area (Å²) in [6.07, 6.45) is 3.93. The number of hydrogen-bond acceptors (Lipinski definition) is 3. The van der Waals surface area contributed by atoms with Gasteiger partial charge in [0.2, 0.25) is 5.91 Å². The van der Waals surface area contributed by atoms with Crippen LogP contribution >= 0.6 is 0 Å². The van der Waals surface area contributed by atoms with Crippen molar-refractivity contribution in [2.45, 2.75) is 26.7 Å². The predicted molar refractivity (Wildman–Crippen MR) is 89.0 cm³/mol. The average molecular weight is 300 g/mol. The minimum Gasteiger partial charge on any atom is -0.356 e. The number of fused-ring (bicyclic) bond motifs is 1. The Morgan fingerprint density at radius 1 is 1.36 bits per heavy atom. The standard InChI is InChI=1S/C17H24N4O/c1-3-20(4-2)17(22)14-6-5-11-21(12-14)15-8-7-13-9-10-18-16(13)19-15/h7-10,14H,3-6,11-12H2,1-2H3,(H,18,19)/t14-/m1/s1. The summed E-state index contributed by atoms with van der Waals surface area (Å²) < 4.78 is 0. The lowest BCUT2D eigenvalue weighted by atomic mass is 9.96. The number of aromatic nitrogens is 2. The van der Waals surface area contributed by atoms with Crippen LogP contribution in [0.3, 0.4) is 0 Å². The van der Waals surface area contributed by atoms with E-state index in [-0.39, 0.29) is 11.8 Å². The molecule has 3 heterocycles. The molecule has 0 aromatic carbocycles. The summed E-state index contributed by atoms with van der Waals surface area (Å²) in [5.41, 5.74) is 0.912. The first-order chi connectivity index (χ1) is 10.7. The van der Waals surface area contributed by atoms with Gasteiger partial charge in [-0.25, -0.2) is 4.98 Å². The number of H-pyrrole nitrogens is 1. The molecule has 0 spiro atoms. The summed E-state index contributed by atoms with van der Waals surface area (Å²) in [4.78, 5) is 24.6. The van der Waals surface area contributed by atoms with E-state index in [4.69, 9.17) is 0 Å². The van der Waals surface area contributed by atoms with Gasteiger partial charge in [-0.05, 0) is 44.9 Å². The van der Waals surface area contributed by atoms with Crippen molar-refractivity contribution < 1.29 is 4.79 Å². The molecule has 0 unspecified atom stereocenters. The highest BCUT2D eigenvalue weighted by atomic mass is 16.2. The molecule has 0 bridgehead atoms. The zero-order chi connectivity index (χ0) is 15.5. The van der Waals surface area contributed by atoms with Crippen molar-refractivity contribution in [2.75, 3.05) is 31.1 Å². The van der Waals surface area contributed by atoms with E-state index < -0.39 is 0 Å². The van der Waals surface area contributed by atoms with Gasteiger partial charge in [-0.1, -0.05) is 0 Å². The molecule has 5 heteroatoms. The van der Waals surface area contributed by atoms with Crippen LogP contribution < -0.4 is 4.90 Å². The molecule has 0 saturated carbocycles. The van der Waals surface area contributed by atoms with Crippen LogP contribution in [0.2, 0.25) is 0 Å². The van der Waals surface area contributed by atoms with E-state index in [1.165, 1.54) is 0 Å². The van der Waals surface area contributed by atoms with Gasteiger partial charge in [0.05, 0.1) is 5.92 Å². The lowest BCUT2D eigenvalue weighted by molar-refractivity contribution is -0.135. The summed E-state index contributed by atoms with van der Waals surface area (Å²) in [6.45, 7) is 7.41. The smallest absolute Gasteiger partial charge is 0.227 e. The quantitative estimate of drug-likeness (QED) is 0.944. The van der Waals surface area contributed by atoms with Crippen molar-refractivity contribution in [2.24, 2.45) is 5.92 Å². The Balaban J connectivity index is 1.76. The second-order valence-corrected chi connectivity index (χ2v) is 5.88. The van der Waals surface area contributed by atoms with E-state index in [9.17, 15) is 4.79 Å². The van der Waals surface area contributed by atoms with E-state index in [1.54, 1.807) is 0 Å². The average Bonchev–Trinajstić information content (AvgIpc) is 3.03. The van der Waals surface area contributed by atoms with E-state index in [1.807, 2.05) is 31.0 Å². The second-order valence-electron chi connectivity index (χ2n) is 5.88. The van der Waals surface area contributed by atoms with Gasteiger partial charge in [0.25, 0.3) is 0 Å². The third kappa shape index (κ3) is 2.80. The molecule has 2 aromatic heterocycles. The van der Waals surface area contributed by atoms with Gasteiger partial charge in [-0.15, -0.1) is 0 Å². The van der Waals surface area contributed by atoms with Gasteiger partial charge in [0, 0.05) is 37.8 Å². The van der Waals surface area contributed by atoms with E-state index in [2.05, 4.69) is 27.0 Å². The Morgan fingerprint density at radius 2 is 2.18 bits per heavy atom. The number of pyridine rings is 1. The number of carbonyl (C=O) groups is 1. The molecular weight excluding hydrogens is 276 g/mol. The van der Waals surface area contributed by atoms with Crippen molar-refractivity contribution in [3.8, 4) is 0 Å². The Kier molecular flexibility index (Phi) is 4.32. The molecule has 0 radical (unpaired) electrons. The van der Waals surface area contributed by atoms with Crippen molar-refractivity contribution >= 4 is 22.8 Å². The van der Waals surface area contributed by atoms with Crippen LogP contribution in [0, 0.1) is 5.92 Å². The lowest BCUT2D eigenvalue weighted by Gasteiger charge is -2.35. The van der Waals surface area contributed by atoms with Crippen LogP contribution in [0.5, 0.6) is 0 Å². The number of nitrogens with zero attached hydrogens (tertiary/aromatic N) is 3. The molecule has 5 nitrogen and oxygen atoms in total. The first kappa shape index (κ1) is 14.9. The van der Waals surface area contributed by atoms with E-state index in [0.29, 0.717) is 0 Å². The van der Waals surface area contributed by atoms with Crippen LogP contribution in [-0.4, -0.2) is 47.0 Å². The number of rotatable bonds is 4. The molecular formula is C17H24N4O. The van der Waals surface area contributed by atoms with Gasteiger partial charge in [-0.2, -0.15) is 0 Å². The molecule has 1 aliphatic rings. The maximum Gasteiger partial charge on any atom is 0.227 e. The van der Waals surface area contributed by atoms with Crippen molar-refractivity contribution in [3.63, 3.8) is 0 Å². The van der Waals surface area contributed by atoms with Gasteiger partial charge in [0.15, 0.2) is 0 Å². The maximum atomic E-state index is 12.6. The molecule has 1 fully saturated rings. The van der Waals surface area contributed by atoms with Crippen LogP contribution in [0.1, 0.15) is 26.7 Å². The summed E-state index contributed by atoms with van der Waals surface area (Å²) in [5.74, 6) is 1.34. The minimum absolute atomic E-state index is 0.0924. The summed E-state index contributed by atoms with van der Waals surface area (Å²) in [5, 5.41) is 1.12. The number of hydrogen-bond donors (Lipinski definition) is 1. The summed E-state index contributed by atoms with van der Waals surface area (Å²) in [6, 6.07) is 6.17. The molecule has 2 aromatic rings. The number of nitrogens with one attached hydrogen (secondary N) is 1. The molecule has 0 aliphatic carbocycles. The third-order valence-corrected chi connectivity index (χ3v) is 4.56. The minimum atomic E-state index is 0.0924. The van der Waals surface area contributed by atoms with E-state index in [0.717, 1.165) is 55.9 Å². The van der Waals surface area contributed by atoms with Crippen LogP contribution in [-0.2, 0) is 4.79 Å². The topological polar surface area (TPSA) is 52.2 Å². The van der Waals surface area contributed by atoms with Crippen LogP contribution in [0.4, 0.5) is 5.82 Å². The van der Waals surface area contributed by atoms with Crippen molar-refractivity contribution in [1.82, 2.24) is 14.9 Å². The molecule has 1 aliphatic heterocycles. The zero-order valence-corrected chi connectivity index (χ0v) is 13.4. The maximum absolute atomic E-state index is 12.6. The van der Waals surface area contributed by atoms with Crippen molar-refractivity contribution in [3.05, 3.63) is 24.4 Å². The van der Waals surface area contributed by atoms with Gasteiger partial charge >= 0.3 is 0 Å². The van der Waals surface area contributed by atoms with Crippen LogP contribution in [0.15, 0.2) is 24.4 Å². The molecule has 1 N–H and O–H groups in total. The molecule has 1 saturated heterocycles. The third-order valence-electron chi connectivity index (χ3n) is 4.56. The normalized spacial score (nSPS) is 18.6. The molecule has 118 valence electrons. The highest BCUT2D eigenvalue weighted by Crippen LogP contribution is 2.24. The number of anilines is 1. The molecule has 1 amide bonds. The van der Waals surface area contributed by atoms with Gasteiger partial charge in [0.1, 0.15) is 11.5 Å². The predicted octanol–water partition coefficient (Wildman–Crippen LogP) is 2.65. The number of aromatic amines is 1. The zero-order valence-electron chi connectivity index (χ0n) is 13.4. The highest BCUT2D eigenvalue weighted by molar-refractivity contribution is 5.80. The van der Waals surface area contributed by atoms with Crippen LogP contribution in [0.25, 0.3) is 11.0 Å². The number of piperidine rings is 1. The van der Waals surface area contributed by atoms with Gasteiger partial charge < -0.3 is 14.8 Å². The SMILES string of the molecule is CCN(CC)C(=O)[C@@H]1CCCN(c2ccc3cc[nH]c3n2)C1. The Bertz CT molecular complexity index is 647.